The molecule has 0 fully saturated rings. The van der Waals surface area contributed by atoms with Gasteiger partial charge >= 0.3 is 0 Å². The van der Waals surface area contributed by atoms with Crippen LogP contribution in [-0.2, 0) is 0 Å². The third kappa shape index (κ3) is 1.79. The summed E-state index contributed by atoms with van der Waals surface area (Å²) in [6.45, 7) is 2.26. The normalized spacial score (nSPS) is 15.9. The van der Waals surface area contributed by atoms with Gasteiger partial charge in [-0.05, 0) is 24.6 Å². The van der Waals surface area contributed by atoms with E-state index in [1.54, 1.807) is 6.07 Å². The number of benzene rings is 1. The Morgan fingerprint density at radius 1 is 1.40 bits per heavy atom. The molecule has 80 valence electrons. The van der Waals surface area contributed by atoms with Crippen molar-refractivity contribution in [2.45, 2.75) is 13.1 Å². The van der Waals surface area contributed by atoms with Crippen LogP contribution in [0.2, 0.25) is 0 Å². The first-order valence-electron chi connectivity index (χ1n) is 4.75. The van der Waals surface area contributed by atoms with Crippen molar-refractivity contribution in [1.29, 1.82) is 0 Å². The van der Waals surface area contributed by atoms with Gasteiger partial charge in [0, 0.05) is 0 Å². The van der Waals surface area contributed by atoms with Gasteiger partial charge in [-0.2, -0.15) is 0 Å². The van der Waals surface area contributed by atoms with E-state index in [0.717, 1.165) is 0 Å². The predicted molar refractivity (Wildman–Crippen MR) is 52.3 cm³/mol. The van der Waals surface area contributed by atoms with E-state index < -0.39 is 6.17 Å². The Morgan fingerprint density at radius 2 is 2.13 bits per heavy atom. The van der Waals surface area contributed by atoms with E-state index in [1.165, 1.54) is 13.0 Å². The monoisotopic (exact) mass is 210 g/mol. The van der Waals surface area contributed by atoms with Gasteiger partial charge in [-0.1, -0.05) is 0 Å². The molecule has 0 saturated carbocycles. The van der Waals surface area contributed by atoms with E-state index in [1.807, 2.05) is 0 Å². The zero-order valence-electron chi connectivity index (χ0n) is 8.33. The lowest BCUT2D eigenvalue weighted by molar-refractivity contribution is 0.111. The van der Waals surface area contributed by atoms with Crippen LogP contribution in [-0.4, -0.2) is 19.5 Å². The average molecular weight is 210 g/mol. The van der Waals surface area contributed by atoms with Crippen molar-refractivity contribution < 1.29 is 18.7 Å². The molecule has 2 rings (SSSR count). The number of carbonyl (C=O) groups is 1. The van der Waals surface area contributed by atoms with E-state index >= 15 is 0 Å². The van der Waals surface area contributed by atoms with Gasteiger partial charge in [0.15, 0.2) is 17.8 Å². The number of halogens is 1. The molecule has 4 heteroatoms. The summed E-state index contributed by atoms with van der Waals surface area (Å²) in [5, 5.41) is 0. The van der Waals surface area contributed by atoms with Gasteiger partial charge in [0.25, 0.3) is 0 Å². The fourth-order valence-corrected chi connectivity index (χ4v) is 1.52. The number of hydrogen-bond acceptors (Lipinski definition) is 3. The second-order valence-electron chi connectivity index (χ2n) is 3.37. The molecule has 1 heterocycles. The highest BCUT2D eigenvalue weighted by Crippen LogP contribution is 2.36. The molecule has 1 unspecified atom stereocenters. The number of alkyl halides is 1. The van der Waals surface area contributed by atoms with Gasteiger partial charge in [-0.15, -0.1) is 0 Å². The molecule has 0 bridgehead atoms. The van der Waals surface area contributed by atoms with Gasteiger partial charge < -0.3 is 9.47 Å². The van der Waals surface area contributed by atoms with E-state index in [4.69, 9.17) is 9.47 Å². The molecular weight excluding hydrogens is 199 g/mol. The topological polar surface area (TPSA) is 35.5 Å². The molecule has 1 aromatic carbocycles. The van der Waals surface area contributed by atoms with Crippen LogP contribution >= 0.6 is 0 Å². The van der Waals surface area contributed by atoms with Crippen LogP contribution in [0.15, 0.2) is 12.1 Å². The smallest absolute Gasteiger partial charge is 0.171 e. The lowest BCUT2D eigenvalue weighted by Crippen LogP contribution is -2.17. The fraction of sp³-hybridized carbons (Fsp3) is 0.364. The van der Waals surface area contributed by atoms with Crippen molar-refractivity contribution in [2.75, 3.05) is 13.2 Å². The molecule has 3 nitrogen and oxygen atoms in total. The van der Waals surface area contributed by atoms with Gasteiger partial charge in [0.2, 0.25) is 0 Å². The fourth-order valence-electron chi connectivity index (χ4n) is 1.52. The molecule has 1 aromatic rings. The van der Waals surface area contributed by atoms with Gasteiger partial charge in [0.1, 0.15) is 19.4 Å². The molecule has 0 saturated heterocycles. The van der Waals surface area contributed by atoms with E-state index in [-0.39, 0.29) is 0 Å². The molecule has 0 amide bonds. The number of ether oxygens (including phenoxy) is 2. The summed E-state index contributed by atoms with van der Waals surface area (Å²) in [5.74, 6) is 0.867. The highest BCUT2D eigenvalue weighted by atomic mass is 19.1. The molecule has 0 aliphatic carbocycles. The predicted octanol–water partition coefficient (Wildman–Crippen LogP) is 2.30. The lowest BCUT2D eigenvalue weighted by Gasteiger charge is -2.20. The zero-order valence-corrected chi connectivity index (χ0v) is 8.33. The molecular formula is C11H11FO3. The van der Waals surface area contributed by atoms with Gasteiger partial charge in [0.05, 0.1) is 5.56 Å². The Hall–Kier alpha value is -1.58. The van der Waals surface area contributed by atoms with Crippen LogP contribution < -0.4 is 9.47 Å². The summed E-state index contributed by atoms with van der Waals surface area (Å²) in [5.41, 5.74) is 0.771. The second-order valence-corrected chi connectivity index (χ2v) is 3.37. The molecule has 0 radical (unpaired) electrons. The Kier molecular flexibility index (Phi) is 2.58. The van der Waals surface area contributed by atoms with Crippen LogP contribution in [0, 0.1) is 0 Å². The van der Waals surface area contributed by atoms with Crippen LogP contribution in [0.5, 0.6) is 11.5 Å². The zero-order chi connectivity index (χ0) is 10.8. The maximum atomic E-state index is 13.1. The van der Waals surface area contributed by atoms with E-state index in [2.05, 4.69) is 0 Å². The number of fused-ring (bicyclic) bond motifs is 1. The summed E-state index contributed by atoms with van der Waals surface area (Å²) in [6, 6.07) is 3.07. The summed E-state index contributed by atoms with van der Waals surface area (Å²) >= 11 is 0. The number of rotatable bonds is 2. The summed E-state index contributed by atoms with van der Waals surface area (Å²) in [7, 11) is 0. The van der Waals surface area contributed by atoms with Crippen molar-refractivity contribution in [3.05, 3.63) is 23.3 Å². The summed E-state index contributed by atoms with van der Waals surface area (Å²) in [6.07, 6.45) is -0.473. The minimum Gasteiger partial charge on any atom is -0.486 e. The van der Waals surface area contributed by atoms with Crippen molar-refractivity contribution in [3.8, 4) is 11.5 Å². The third-order valence-corrected chi connectivity index (χ3v) is 2.28. The Morgan fingerprint density at radius 3 is 2.80 bits per heavy atom. The molecule has 0 spiro atoms. The average Bonchev–Trinajstić information content (AvgIpc) is 2.27. The molecule has 15 heavy (non-hydrogen) atoms. The maximum absolute atomic E-state index is 13.1. The summed E-state index contributed by atoms with van der Waals surface area (Å²) < 4.78 is 23.7. The first-order valence-corrected chi connectivity index (χ1v) is 4.75. The Bertz CT molecular complexity index is 388. The Balaban J connectivity index is 2.52. The maximum Gasteiger partial charge on any atom is 0.171 e. The van der Waals surface area contributed by atoms with Crippen molar-refractivity contribution >= 4 is 6.29 Å². The minimum atomic E-state index is -1.13. The standard InChI is InChI=1S/C11H11FO3/c1-7(12)8-4-9(6-13)11-10(5-8)14-2-3-15-11/h4-7H,2-3H2,1H3. The largest absolute Gasteiger partial charge is 0.486 e. The highest BCUT2D eigenvalue weighted by Gasteiger charge is 2.18. The second kappa shape index (κ2) is 3.88. The van der Waals surface area contributed by atoms with E-state index in [0.29, 0.717) is 42.1 Å². The van der Waals surface area contributed by atoms with Gasteiger partial charge in [-0.3, -0.25) is 4.79 Å². The van der Waals surface area contributed by atoms with E-state index in [9.17, 15) is 9.18 Å². The number of aldehydes is 1. The highest BCUT2D eigenvalue weighted by molar-refractivity contribution is 5.82. The first kappa shape index (κ1) is 9.96. The molecule has 0 aromatic heterocycles. The van der Waals surface area contributed by atoms with Crippen LogP contribution in [0.4, 0.5) is 4.39 Å². The third-order valence-electron chi connectivity index (χ3n) is 2.28. The SMILES string of the molecule is CC(F)c1cc(C=O)c2c(c1)OCCO2. The van der Waals surface area contributed by atoms with Crippen molar-refractivity contribution in [2.24, 2.45) is 0 Å². The quantitative estimate of drug-likeness (QED) is 0.702. The molecule has 1 atom stereocenters. The van der Waals surface area contributed by atoms with Crippen LogP contribution in [0.1, 0.15) is 29.0 Å². The van der Waals surface area contributed by atoms with Crippen molar-refractivity contribution in [3.63, 3.8) is 0 Å². The number of hydrogen-bond donors (Lipinski definition) is 0. The first-order chi connectivity index (χ1) is 7.22. The lowest BCUT2D eigenvalue weighted by atomic mass is 10.1. The Labute approximate surface area is 86.8 Å². The molecule has 0 N–H and O–H groups in total. The minimum absolute atomic E-state index is 0.340. The number of carbonyl (C=O) groups excluding carboxylic acids is 1. The summed E-state index contributed by atoms with van der Waals surface area (Å²) in [4.78, 5) is 10.8. The molecule has 1 aliphatic rings. The van der Waals surface area contributed by atoms with Crippen molar-refractivity contribution in [1.82, 2.24) is 0 Å². The molecule has 1 aliphatic heterocycles. The van der Waals surface area contributed by atoms with Crippen LogP contribution in [0.3, 0.4) is 0 Å². The van der Waals surface area contributed by atoms with Crippen LogP contribution in [0.25, 0.3) is 0 Å². The van der Waals surface area contributed by atoms with Gasteiger partial charge in [-0.25, -0.2) is 4.39 Å².